The third kappa shape index (κ3) is 5.06. The Labute approximate surface area is 193 Å². The van der Waals surface area contributed by atoms with Crippen molar-refractivity contribution in [1.29, 1.82) is 0 Å². The van der Waals surface area contributed by atoms with Gasteiger partial charge in [0.1, 0.15) is 11.5 Å². The molecular weight excluding hydrogens is 396 g/mol. The molecule has 2 heterocycles. The van der Waals surface area contributed by atoms with Crippen molar-refractivity contribution in [2.45, 2.75) is 52.4 Å². The molecule has 0 N–H and O–H groups in total. The van der Waals surface area contributed by atoms with Crippen LogP contribution < -0.4 is 19.3 Å². The molecular formula is C28H38N2O2. The molecule has 2 saturated heterocycles. The van der Waals surface area contributed by atoms with E-state index in [9.17, 15) is 0 Å². The highest BCUT2D eigenvalue weighted by Gasteiger charge is 2.20. The van der Waals surface area contributed by atoms with Gasteiger partial charge in [0.05, 0.1) is 24.6 Å². The molecule has 32 heavy (non-hydrogen) atoms. The van der Waals surface area contributed by atoms with Crippen molar-refractivity contribution in [2.75, 3.05) is 49.2 Å². The van der Waals surface area contributed by atoms with Gasteiger partial charge in [0.2, 0.25) is 0 Å². The molecule has 0 radical (unpaired) electrons. The number of anilines is 2. The summed E-state index contributed by atoms with van der Waals surface area (Å²) in [6, 6.07) is 13.2. The third-order valence-electron chi connectivity index (χ3n) is 6.43. The quantitative estimate of drug-likeness (QED) is 0.425. The van der Waals surface area contributed by atoms with Gasteiger partial charge in [-0.1, -0.05) is 32.6 Å². The maximum Gasteiger partial charge on any atom is 0.143 e. The highest BCUT2D eigenvalue weighted by molar-refractivity contribution is 5.82. The Morgan fingerprint density at radius 2 is 1.12 bits per heavy atom. The van der Waals surface area contributed by atoms with Crippen LogP contribution in [0.15, 0.2) is 43.0 Å². The Kier molecular flexibility index (Phi) is 7.62. The van der Waals surface area contributed by atoms with E-state index in [1.807, 2.05) is 0 Å². The van der Waals surface area contributed by atoms with Crippen LogP contribution in [-0.4, -0.2) is 39.4 Å². The van der Waals surface area contributed by atoms with E-state index < -0.39 is 0 Å². The van der Waals surface area contributed by atoms with Crippen molar-refractivity contribution in [2.24, 2.45) is 0 Å². The summed E-state index contributed by atoms with van der Waals surface area (Å²) in [7, 11) is 0. The zero-order chi connectivity index (χ0) is 22.3. The number of ether oxygens (including phenoxy) is 2. The van der Waals surface area contributed by atoms with E-state index in [0.717, 1.165) is 80.4 Å². The molecule has 0 unspecified atom stereocenters. The number of benzene rings is 2. The van der Waals surface area contributed by atoms with Gasteiger partial charge in [0.25, 0.3) is 0 Å². The van der Waals surface area contributed by atoms with Gasteiger partial charge in [0.15, 0.2) is 0 Å². The zero-order valence-corrected chi connectivity index (χ0v) is 19.9. The van der Waals surface area contributed by atoms with E-state index in [-0.39, 0.29) is 0 Å². The van der Waals surface area contributed by atoms with E-state index >= 15 is 0 Å². The molecule has 2 aliphatic heterocycles. The van der Waals surface area contributed by atoms with Crippen molar-refractivity contribution < 1.29 is 9.47 Å². The smallest absolute Gasteiger partial charge is 0.143 e. The van der Waals surface area contributed by atoms with Crippen molar-refractivity contribution >= 4 is 16.9 Å². The van der Waals surface area contributed by atoms with Gasteiger partial charge in [-0.3, -0.25) is 0 Å². The summed E-state index contributed by atoms with van der Waals surface area (Å²) in [6.45, 7) is 14.7. The van der Waals surface area contributed by atoms with Crippen LogP contribution in [0, 0.1) is 0 Å². The standard InChI is InChI=1S/C28H38N2O2/c1-4-18-31-27-20-23(10-12-25(27)29-14-6-7-15-29)22(3)24-11-13-26(30-16-8-9-17-30)28(21-24)32-19-5-2/h10-13,20-21H,3-9,14-19H2,1-2H3. The monoisotopic (exact) mass is 434 g/mol. The first-order chi connectivity index (χ1) is 15.7. The Morgan fingerprint density at radius 3 is 1.50 bits per heavy atom. The average Bonchev–Trinajstić information content (AvgIpc) is 3.55. The number of nitrogens with zero attached hydrogens (tertiary/aromatic N) is 2. The van der Waals surface area contributed by atoms with E-state index in [0.29, 0.717) is 0 Å². The van der Waals surface area contributed by atoms with Crippen LogP contribution in [0.2, 0.25) is 0 Å². The lowest BCUT2D eigenvalue weighted by molar-refractivity contribution is 0.318. The molecule has 172 valence electrons. The summed E-state index contributed by atoms with van der Waals surface area (Å²) in [5.41, 5.74) is 5.64. The molecule has 0 saturated carbocycles. The minimum Gasteiger partial charge on any atom is -0.491 e. The van der Waals surface area contributed by atoms with Crippen LogP contribution >= 0.6 is 0 Å². The predicted octanol–water partition coefficient (Wildman–Crippen LogP) is 6.53. The Morgan fingerprint density at radius 1 is 0.719 bits per heavy atom. The normalized spacial score (nSPS) is 15.9. The Hall–Kier alpha value is -2.62. The van der Waals surface area contributed by atoms with Gasteiger partial charge < -0.3 is 19.3 Å². The summed E-state index contributed by atoms with van der Waals surface area (Å²) >= 11 is 0. The lowest BCUT2D eigenvalue weighted by Crippen LogP contribution is -2.19. The zero-order valence-electron chi connectivity index (χ0n) is 19.9. The van der Waals surface area contributed by atoms with Crippen LogP contribution in [0.25, 0.3) is 5.57 Å². The fourth-order valence-electron chi connectivity index (χ4n) is 4.66. The second-order valence-electron chi connectivity index (χ2n) is 8.93. The third-order valence-corrected chi connectivity index (χ3v) is 6.43. The van der Waals surface area contributed by atoms with Crippen molar-refractivity contribution in [3.8, 4) is 11.5 Å². The molecule has 2 aromatic rings. The molecule has 2 fully saturated rings. The SMILES string of the molecule is C=C(c1ccc(N2CCCC2)c(OCCC)c1)c1ccc(N2CCCC2)c(OCCC)c1. The van der Waals surface area contributed by atoms with Crippen molar-refractivity contribution in [3.05, 3.63) is 54.1 Å². The molecule has 0 amide bonds. The van der Waals surface area contributed by atoms with Gasteiger partial charge in [0, 0.05) is 26.2 Å². The molecule has 0 bridgehead atoms. The van der Waals surface area contributed by atoms with E-state index in [2.05, 4.69) is 66.6 Å². The van der Waals surface area contributed by atoms with Gasteiger partial charge in [-0.2, -0.15) is 0 Å². The summed E-state index contributed by atoms with van der Waals surface area (Å²) in [5, 5.41) is 0. The van der Waals surface area contributed by atoms with Gasteiger partial charge in [-0.25, -0.2) is 0 Å². The molecule has 4 nitrogen and oxygen atoms in total. The summed E-state index contributed by atoms with van der Waals surface area (Å²) in [4.78, 5) is 4.89. The molecule has 4 heteroatoms. The number of hydrogen-bond donors (Lipinski definition) is 0. The van der Waals surface area contributed by atoms with Crippen molar-refractivity contribution in [3.63, 3.8) is 0 Å². The van der Waals surface area contributed by atoms with Gasteiger partial charge >= 0.3 is 0 Å². The molecule has 0 spiro atoms. The van der Waals surface area contributed by atoms with Crippen LogP contribution in [-0.2, 0) is 0 Å². The summed E-state index contributed by atoms with van der Waals surface area (Å²) < 4.78 is 12.3. The Bertz CT molecular complexity index is 838. The minimum atomic E-state index is 0.732. The average molecular weight is 435 g/mol. The molecule has 2 aromatic carbocycles. The van der Waals surface area contributed by atoms with Gasteiger partial charge in [-0.05, 0) is 79.5 Å². The van der Waals surface area contributed by atoms with Crippen LogP contribution in [0.3, 0.4) is 0 Å². The lowest BCUT2D eigenvalue weighted by Gasteiger charge is -2.23. The summed E-state index contributed by atoms with van der Waals surface area (Å²) in [6.07, 6.45) is 7.02. The van der Waals surface area contributed by atoms with E-state index in [1.54, 1.807) is 0 Å². The number of rotatable bonds is 10. The first kappa shape index (κ1) is 22.6. The summed E-state index contributed by atoms with van der Waals surface area (Å²) in [5.74, 6) is 1.95. The second kappa shape index (κ2) is 10.8. The van der Waals surface area contributed by atoms with Crippen LogP contribution in [0.1, 0.15) is 63.5 Å². The van der Waals surface area contributed by atoms with Gasteiger partial charge in [-0.15, -0.1) is 0 Å². The van der Waals surface area contributed by atoms with Crippen LogP contribution in [0.4, 0.5) is 11.4 Å². The first-order valence-electron chi connectivity index (χ1n) is 12.4. The predicted molar refractivity (Wildman–Crippen MR) is 135 cm³/mol. The topological polar surface area (TPSA) is 24.9 Å². The minimum absolute atomic E-state index is 0.732. The molecule has 0 atom stereocenters. The highest BCUT2D eigenvalue weighted by atomic mass is 16.5. The largest absolute Gasteiger partial charge is 0.491 e. The lowest BCUT2D eigenvalue weighted by atomic mass is 9.98. The first-order valence-corrected chi connectivity index (χ1v) is 12.4. The van der Waals surface area contributed by atoms with Crippen molar-refractivity contribution in [1.82, 2.24) is 0 Å². The molecule has 0 aliphatic carbocycles. The number of hydrogen-bond acceptors (Lipinski definition) is 4. The Balaban J connectivity index is 1.62. The fourth-order valence-corrected chi connectivity index (χ4v) is 4.66. The fraction of sp³-hybridized carbons (Fsp3) is 0.500. The molecule has 0 aromatic heterocycles. The maximum absolute atomic E-state index is 6.17. The molecule has 2 aliphatic rings. The van der Waals surface area contributed by atoms with Crippen LogP contribution in [0.5, 0.6) is 11.5 Å². The van der Waals surface area contributed by atoms with E-state index in [1.165, 1.54) is 37.1 Å². The second-order valence-corrected chi connectivity index (χ2v) is 8.93. The highest BCUT2D eigenvalue weighted by Crippen LogP contribution is 2.38. The maximum atomic E-state index is 6.17. The van der Waals surface area contributed by atoms with E-state index in [4.69, 9.17) is 9.47 Å². The molecule has 4 rings (SSSR count).